The lowest BCUT2D eigenvalue weighted by molar-refractivity contribution is 0.0993. The smallest absolute Gasteiger partial charge is 0.262 e. The molecule has 0 bridgehead atoms. The van der Waals surface area contributed by atoms with Crippen LogP contribution < -0.4 is 10.2 Å². The van der Waals surface area contributed by atoms with Gasteiger partial charge in [0.15, 0.2) is 6.17 Å². The molecule has 5 heteroatoms. The van der Waals surface area contributed by atoms with Crippen LogP contribution in [0.2, 0.25) is 0 Å². The Bertz CT molecular complexity index is 955. The van der Waals surface area contributed by atoms with E-state index in [0.29, 0.717) is 5.56 Å². The molecule has 4 rings (SSSR count). The van der Waals surface area contributed by atoms with Gasteiger partial charge in [0.05, 0.1) is 11.3 Å². The molecule has 1 N–H and O–H groups in total. The lowest BCUT2D eigenvalue weighted by Gasteiger charge is -2.26. The first kappa shape index (κ1) is 16.7. The van der Waals surface area contributed by atoms with E-state index in [-0.39, 0.29) is 12.1 Å². The topological polar surface area (TPSA) is 45.2 Å². The highest BCUT2D eigenvalue weighted by molar-refractivity contribution is 7.98. The van der Waals surface area contributed by atoms with E-state index in [9.17, 15) is 4.79 Å². The van der Waals surface area contributed by atoms with Gasteiger partial charge in [0.25, 0.3) is 5.91 Å². The monoisotopic (exact) mass is 361 g/mol. The molecule has 4 nitrogen and oxygen atoms in total. The van der Waals surface area contributed by atoms with Gasteiger partial charge < -0.3 is 5.32 Å². The standard InChI is InChI=1S/C21H19N3OS/c1-14-8-10-16(11-9-14)24-20(19-18(21(24)25)7-4-12-22-19)23-15-5-3-6-17(13-15)26-2/h3-13,20,23H,1-2H3/t20-/m0/s1. The van der Waals surface area contributed by atoms with E-state index in [1.54, 1.807) is 28.9 Å². The number of nitrogens with zero attached hydrogens (tertiary/aromatic N) is 2. The van der Waals surface area contributed by atoms with Gasteiger partial charge in [-0.2, -0.15) is 0 Å². The molecule has 2 aromatic carbocycles. The molecule has 0 spiro atoms. The predicted molar refractivity (Wildman–Crippen MR) is 107 cm³/mol. The summed E-state index contributed by atoms with van der Waals surface area (Å²) in [5.41, 5.74) is 4.38. The van der Waals surface area contributed by atoms with Gasteiger partial charge in [-0.25, -0.2) is 0 Å². The maximum atomic E-state index is 13.0. The van der Waals surface area contributed by atoms with Crippen molar-refractivity contribution < 1.29 is 4.79 Å². The molecule has 1 amide bonds. The zero-order valence-corrected chi connectivity index (χ0v) is 15.5. The SMILES string of the molecule is CSc1cccc(N[C@@H]2c3ncccc3C(=O)N2c2ccc(C)cc2)c1. The Labute approximate surface area is 157 Å². The first-order chi connectivity index (χ1) is 12.7. The third kappa shape index (κ3) is 2.95. The number of aryl methyl sites for hydroxylation is 1. The summed E-state index contributed by atoms with van der Waals surface area (Å²) in [5.74, 6) is -0.0320. The quantitative estimate of drug-likeness (QED) is 0.673. The zero-order chi connectivity index (χ0) is 18.1. The Balaban J connectivity index is 1.76. The van der Waals surface area contributed by atoms with E-state index in [4.69, 9.17) is 0 Å². The normalized spacial score (nSPS) is 15.8. The maximum Gasteiger partial charge on any atom is 0.262 e. The van der Waals surface area contributed by atoms with Gasteiger partial charge in [0.1, 0.15) is 0 Å². The zero-order valence-electron chi connectivity index (χ0n) is 14.6. The Morgan fingerprint density at radius 1 is 1.08 bits per heavy atom. The fraction of sp³-hybridized carbons (Fsp3) is 0.143. The second-order valence-electron chi connectivity index (χ2n) is 6.23. The van der Waals surface area contributed by atoms with Crippen LogP contribution in [0.1, 0.15) is 27.8 Å². The van der Waals surface area contributed by atoms with Crippen molar-refractivity contribution in [1.29, 1.82) is 0 Å². The number of carbonyl (C=O) groups is 1. The fourth-order valence-electron chi connectivity index (χ4n) is 3.16. The number of thioether (sulfide) groups is 1. The second kappa shape index (κ2) is 6.84. The van der Waals surface area contributed by atoms with Crippen LogP contribution in [0.25, 0.3) is 0 Å². The minimum absolute atomic E-state index is 0.0320. The number of pyridine rings is 1. The largest absolute Gasteiger partial charge is 0.360 e. The second-order valence-corrected chi connectivity index (χ2v) is 7.11. The van der Waals surface area contributed by atoms with Crippen molar-refractivity contribution in [3.63, 3.8) is 0 Å². The van der Waals surface area contributed by atoms with Gasteiger partial charge in [-0.05, 0) is 55.6 Å². The molecule has 0 unspecified atom stereocenters. The lowest BCUT2D eigenvalue weighted by atomic mass is 10.2. The molecule has 0 radical (unpaired) electrons. The summed E-state index contributed by atoms with van der Waals surface area (Å²) in [4.78, 5) is 20.5. The van der Waals surface area contributed by atoms with E-state index in [1.807, 2.05) is 55.6 Å². The number of amides is 1. The van der Waals surface area contributed by atoms with Crippen LogP contribution in [0.5, 0.6) is 0 Å². The molecule has 1 atom stereocenters. The number of rotatable bonds is 4. The van der Waals surface area contributed by atoms with Crippen LogP contribution in [-0.2, 0) is 0 Å². The highest BCUT2D eigenvalue weighted by atomic mass is 32.2. The number of aromatic nitrogens is 1. The molecular formula is C21H19N3OS. The van der Waals surface area contributed by atoms with Gasteiger partial charge in [-0.3, -0.25) is 14.7 Å². The highest BCUT2D eigenvalue weighted by Gasteiger charge is 2.38. The summed E-state index contributed by atoms with van der Waals surface area (Å²) in [5, 5.41) is 3.49. The number of fused-ring (bicyclic) bond motifs is 1. The minimum Gasteiger partial charge on any atom is -0.360 e. The van der Waals surface area contributed by atoms with E-state index >= 15 is 0 Å². The van der Waals surface area contributed by atoms with Crippen LogP contribution in [-0.4, -0.2) is 17.1 Å². The Kier molecular flexibility index (Phi) is 4.39. The van der Waals surface area contributed by atoms with Crippen molar-refractivity contribution in [1.82, 2.24) is 4.98 Å². The number of carbonyl (C=O) groups excluding carboxylic acids is 1. The maximum absolute atomic E-state index is 13.0. The summed E-state index contributed by atoms with van der Waals surface area (Å²) in [6, 6.07) is 19.8. The number of hydrogen-bond donors (Lipinski definition) is 1. The molecule has 26 heavy (non-hydrogen) atoms. The van der Waals surface area contributed by atoms with Crippen LogP contribution in [0.4, 0.5) is 11.4 Å². The van der Waals surface area contributed by atoms with Crippen molar-refractivity contribution in [3.05, 3.63) is 83.7 Å². The predicted octanol–water partition coefficient (Wildman–Crippen LogP) is 4.88. The molecule has 130 valence electrons. The molecule has 0 aliphatic carbocycles. The van der Waals surface area contributed by atoms with Crippen LogP contribution in [0.3, 0.4) is 0 Å². The number of anilines is 2. The number of hydrogen-bond acceptors (Lipinski definition) is 4. The summed E-state index contributed by atoms with van der Waals surface area (Å²) in [6.07, 6.45) is 3.45. The molecule has 0 fully saturated rings. The summed E-state index contributed by atoms with van der Waals surface area (Å²) in [6.45, 7) is 2.04. The van der Waals surface area contributed by atoms with Crippen LogP contribution in [0.15, 0.2) is 71.8 Å². The minimum atomic E-state index is -0.335. The molecule has 0 saturated carbocycles. The third-order valence-electron chi connectivity index (χ3n) is 4.49. The average molecular weight is 361 g/mol. The fourth-order valence-corrected chi connectivity index (χ4v) is 3.62. The molecular weight excluding hydrogens is 342 g/mol. The van der Waals surface area contributed by atoms with Crippen LogP contribution in [0, 0.1) is 6.92 Å². The van der Waals surface area contributed by atoms with Crippen molar-refractivity contribution in [3.8, 4) is 0 Å². The molecule has 1 aliphatic rings. The third-order valence-corrected chi connectivity index (χ3v) is 5.22. The van der Waals surface area contributed by atoms with Gasteiger partial charge in [-0.1, -0.05) is 23.8 Å². The molecule has 3 aromatic rings. The van der Waals surface area contributed by atoms with Crippen LogP contribution >= 0.6 is 11.8 Å². The first-order valence-electron chi connectivity index (χ1n) is 8.43. The molecule has 2 heterocycles. The number of nitrogens with one attached hydrogen (secondary N) is 1. The van der Waals surface area contributed by atoms with Crippen molar-refractivity contribution >= 4 is 29.0 Å². The Hall–Kier alpha value is -2.79. The van der Waals surface area contributed by atoms with Gasteiger partial charge in [0, 0.05) is 22.5 Å². The molecule has 1 aliphatic heterocycles. The van der Waals surface area contributed by atoms with Gasteiger partial charge in [-0.15, -0.1) is 11.8 Å². The summed E-state index contributed by atoms with van der Waals surface area (Å²) in [7, 11) is 0. The summed E-state index contributed by atoms with van der Waals surface area (Å²) >= 11 is 1.69. The van der Waals surface area contributed by atoms with Crippen molar-refractivity contribution in [2.45, 2.75) is 18.0 Å². The first-order valence-corrected chi connectivity index (χ1v) is 9.65. The average Bonchev–Trinajstić information content (AvgIpc) is 2.95. The van der Waals surface area contributed by atoms with E-state index in [2.05, 4.69) is 22.4 Å². The Morgan fingerprint density at radius 3 is 2.65 bits per heavy atom. The highest BCUT2D eigenvalue weighted by Crippen LogP contribution is 2.37. The number of benzene rings is 2. The van der Waals surface area contributed by atoms with Crippen molar-refractivity contribution in [2.75, 3.05) is 16.5 Å². The van der Waals surface area contributed by atoms with E-state index < -0.39 is 0 Å². The van der Waals surface area contributed by atoms with Crippen molar-refractivity contribution in [2.24, 2.45) is 0 Å². The summed E-state index contributed by atoms with van der Waals surface area (Å²) < 4.78 is 0. The van der Waals surface area contributed by atoms with Gasteiger partial charge in [0.2, 0.25) is 0 Å². The Morgan fingerprint density at radius 2 is 1.88 bits per heavy atom. The van der Waals surface area contributed by atoms with Gasteiger partial charge >= 0.3 is 0 Å². The van der Waals surface area contributed by atoms with E-state index in [1.165, 1.54) is 4.90 Å². The lowest BCUT2D eigenvalue weighted by Crippen LogP contribution is -2.32. The molecule has 0 saturated heterocycles. The van der Waals surface area contributed by atoms with E-state index in [0.717, 1.165) is 22.6 Å². The molecule has 1 aromatic heterocycles.